The number of rotatable bonds is 4. The number of hydrogen-bond donors (Lipinski definition) is 2. The molecule has 2 aromatic carbocycles. The number of carbonyl (C=O) groups is 1. The summed E-state index contributed by atoms with van der Waals surface area (Å²) < 4.78 is 5.44. The third kappa shape index (κ3) is 4.52. The molecule has 4 heteroatoms. The van der Waals surface area contributed by atoms with E-state index in [9.17, 15) is 4.79 Å². The second kappa shape index (κ2) is 6.98. The lowest BCUT2D eigenvalue weighted by molar-refractivity contribution is 0.234. The van der Waals surface area contributed by atoms with Gasteiger partial charge in [-0.15, -0.1) is 0 Å². The maximum Gasteiger partial charge on any atom is 0.321 e. The summed E-state index contributed by atoms with van der Waals surface area (Å²) >= 11 is 0. The van der Waals surface area contributed by atoms with Crippen molar-refractivity contribution in [1.29, 1.82) is 0 Å². The van der Waals surface area contributed by atoms with Crippen LogP contribution in [0.2, 0.25) is 0 Å². The van der Waals surface area contributed by atoms with Gasteiger partial charge in [-0.3, -0.25) is 0 Å². The summed E-state index contributed by atoms with van der Waals surface area (Å²) in [5.74, 6) is 0.720. The van der Waals surface area contributed by atoms with Crippen LogP contribution in [0, 0.1) is 0 Å². The molecular formula is C18H22N2O2. The summed E-state index contributed by atoms with van der Waals surface area (Å²) in [6, 6.07) is 16.9. The third-order valence-electron chi connectivity index (χ3n) is 3.20. The van der Waals surface area contributed by atoms with Crippen molar-refractivity contribution in [2.45, 2.75) is 26.2 Å². The summed E-state index contributed by atoms with van der Waals surface area (Å²) in [7, 11) is 0. The molecule has 2 rings (SSSR count). The molecule has 0 saturated heterocycles. The number of carbonyl (C=O) groups excluding carboxylic acids is 1. The molecule has 0 fully saturated rings. The van der Waals surface area contributed by atoms with E-state index in [-0.39, 0.29) is 18.2 Å². The van der Waals surface area contributed by atoms with Crippen LogP contribution in [-0.4, -0.2) is 12.8 Å². The van der Waals surface area contributed by atoms with E-state index in [1.165, 1.54) is 0 Å². The van der Waals surface area contributed by atoms with E-state index in [0.29, 0.717) is 0 Å². The Kier molecular flexibility index (Phi) is 5.04. The second-order valence-electron chi connectivity index (χ2n) is 6.03. The van der Waals surface area contributed by atoms with Crippen LogP contribution in [0.4, 0.5) is 10.5 Å². The fourth-order valence-electron chi connectivity index (χ4n) is 2.11. The average molecular weight is 298 g/mol. The molecule has 0 bridgehead atoms. The van der Waals surface area contributed by atoms with E-state index in [1.807, 2.05) is 54.6 Å². The van der Waals surface area contributed by atoms with Crippen LogP contribution < -0.4 is 15.4 Å². The minimum absolute atomic E-state index is 0.0373. The lowest BCUT2D eigenvalue weighted by Crippen LogP contribution is -2.32. The normalized spacial score (nSPS) is 10.9. The van der Waals surface area contributed by atoms with Crippen molar-refractivity contribution in [2.24, 2.45) is 0 Å². The highest BCUT2D eigenvalue weighted by Gasteiger charge is 2.18. The van der Waals surface area contributed by atoms with Gasteiger partial charge in [0, 0.05) is 5.69 Å². The first-order valence-corrected chi connectivity index (χ1v) is 7.29. The van der Waals surface area contributed by atoms with Crippen LogP contribution in [-0.2, 0) is 5.41 Å². The average Bonchev–Trinajstić information content (AvgIpc) is 2.48. The van der Waals surface area contributed by atoms with Crippen LogP contribution in [0.25, 0.3) is 0 Å². The van der Waals surface area contributed by atoms with Crippen molar-refractivity contribution in [2.75, 3.05) is 12.0 Å². The molecule has 0 unspecified atom stereocenters. The van der Waals surface area contributed by atoms with Gasteiger partial charge in [0.15, 0.2) is 6.73 Å². The van der Waals surface area contributed by atoms with Gasteiger partial charge in [-0.05, 0) is 29.2 Å². The highest BCUT2D eigenvalue weighted by atomic mass is 16.5. The molecule has 2 aromatic rings. The molecule has 2 amide bonds. The van der Waals surface area contributed by atoms with Crippen molar-refractivity contribution in [3.8, 4) is 5.75 Å². The van der Waals surface area contributed by atoms with Gasteiger partial charge in [-0.25, -0.2) is 4.79 Å². The van der Waals surface area contributed by atoms with Gasteiger partial charge in [0.2, 0.25) is 0 Å². The van der Waals surface area contributed by atoms with E-state index in [1.54, 1.807) is 0 Å². The fraction of sp³-hybridized carbons (Fsp3) is 0.278. The maximum atomic E-state index is 12.0. The van der Waals surface area contributed by atoms with Gasteiger partial charge in [0.25, 0.3) is 0 Å². The van der Waals surface area contributed by atoms with Crippen molar-refractivity contribution in [3.05, 3.63) is 60.2 Å². The summed E-state index contributed by atoms with van der Waals surface area (Å²) in [6.45, 7) is 6.46. The summed E-state index contributed by atoms with van der Waals surface area (Å²) in [5, 5.41) is 5.56. The van der Waals surface area contributed by atoms with E-state index in [2.05, 4.69) is 31.4 Å². The van der Waals surface area contributed by atoms with E-state index in [4.69, 9.17) is 4.74 Å². The minimum Gasteiger partial charge on any atom is -0.473 e. The molecule has 0 aliphatic heterocycles. The molecule has 0 spiro atoms. The lowest BCUT2D eigenvalue weighted by atomic mass is 9.86. The number of benzene rings is 2. The second-order valence-corrected chi connectivity index (χ2v) is 6.03. The minimum atomic E-state index is -0.285. The van der Waals surface area contributed by atoms with Crippen molar-refractivity contribution in [1.82, 2.24) is 5.32 Å². The standard InChI is InChI=1S/C18H22N2O2/c1-18(2,3)15-11-7-8-12-16(15)20-17(21)19-13-22-14-9-5-4-6-10-14/h4-12H,13H2,1-3H3,(H2,19,20,21). The summed E-state index contributed by atoms with van der Waals surface area (Å²) in [6.07, 6.45) is 0. The molecule has 0 saturated carbocycles. The molecule has 4 nitrogen and oxygen atoms in total. The maximum absolute atomic E-state index is 12.0. The number of para-hydroxylation sites is 2. The zero-order valence-corrected chi connectivity index (χ0v) is 13.2. The number of anilines is 1. The van der Waals surface area contributed by atoms with Gasteiger partial charge >= 0.3 is 6.03 Å². The van der Waals surface area contributed by atoms with Crippen molar-refractivity contribution in [3.63, 3.8) is 0 Å². The summed E-state index contributed by atoms with van der Waals surface area (Å²) in [5.41, 5.74) is 1.87. The van der Waals surface area contributed by atoms with Crippen LogP contribution in [0.5, 0.6) is 5.75 Å². The first-order valence-electron chi connectivity index (χ1n) is 7.29. The fourth-order valence-corrected chi connectivity index (χ4v) is 2.11. The molecule has 116 valence electrons. The molecule has 0 atom stereocenters. The zero-order chi connectivity index (χ0) is 16.0. The first kappa shape index (κ1) is 15.9. The predicted octanol–water partition coefficient (Wildman–Crippen LogP) is 4.14. The summed E-state index contributed by atoms with van der Waals surface area (Å²) in [4.78, 5) is 12.0. The Labute approximate surface area is 131 Å². The SMILES string of the molecule is CC(C)(C)c1ccccc1NC(=O)NCOc1ccccc1. The topological polar surface area (TPSA) is 50.4 Å². The Morgan fingerprint density at radius 2 is 1.64 bits per heavy atom. The highest BCUT2D eigenvalue weighted by molar-refractivity contribution is 5.90. The number of nitrogens with one attached hydrogen (secondary N) is 2. The number of ether oxygens (including phenoxy) is 1. The number of urea groups is 1. The van der Waals surface area contributed by atoms with Crippen LogP contribution >= 0.6 is 0 Å². The molecule has 2 N–H and O–H groups in total. The van der Waals surface area contributed by atoms with Crippen LogP contribution in [0.1, 0.15) is 26.3 Å². The molecule has 22 heavy (non-hydrogen) atoms. The molecule has 0 radical (unpaired) electrons. The number of hydrogen-bond acceptors (Lipinski definition) is 2. The smallest absolute Gasteiger partial charge is 0.321 e. The zero-order valence-electron chi connectivity index (χ0n) is 13.2. The van der Waals surface area contributed by atoms with Crippen LogP contribution in [0.15, 0.2) is 54.6 Å². The van der Waals surface area contributed by atoms with Crippen molar-refractivity contribution >= 4 is 11.7 Å². The molecular weight excluding hydrogens is 276 g/mol. The molecule has 0 heterocycles. The number of amides is 2. The largest absolute Gasteiger partial charge is 0.473 e. The first-order chi connectivity index (χ1) is 10.5. The van der Waals surface area contributed by atoms with E-state index < -0.39 is 0 Å². The quantitative estimate of drug-likeness (QED) is 0.833. The van der Waals surface area contributed by atoms with Gasteiger partial charge in [-0.2, -0.15) is 0 Å². The monoisotopic (exact) mass is 298 g/mol. The van der Waals surface area contributed by atoms with Gasteiger partial charge in [0.1, 0.15) is 5.75 Å². The van der Waals surface area contributed by atoms with E-state index >= 15 is 0 Å². The Hall–Kier alpha value is -2.49. The third-order valence-corrected chi connectivity index (χ3v) is 3.20. The highest BCUT2D eigenvalue weighted by Crippen LogP contribution is 2.29. The van der Waals surface area contributed by atoms with Gasteiger partial charge in [-0.1, -0.05) is 57.2 Å². The van der Waals surface area contributed by atoms with Crippen LogP contribution in [0.3, 0.4) is 0 Å². The molecule has 0 aliphatic rings. The Morgan fingerprint density at radius 1 is 1.00 bits per heavy atom. The lowest BCUT2D eigenvalue weighted by Gasteiger charge is -2.23. The molecule has 0 aliphatic carbocycles. The Balaban J connectivity index is 1.90. The Morgan fingerprint density at radius 3 is 2.32 bits per heavy atom. The van der Waals surface area contributed by atoms with Crippen molar-refractivity contribution < 1.29 is 9.53 Å². The predicted molar refractivity (Wildman–Crippen MR) is 89.2 cm³/mol. The van der Waals surface area contributed by atoms with Gasteiger partial charge in [0.05, 0.1) is 0 Å². The van der Waals surface area contributed by atoms with E-state index in [0.717, 1.165) is 17.0 Å². The van der Waals surface area contributed by atoms with Gasteiger partial charge < -0.3 is 15.4 Å². The molecule has 0 aromatic heterocycles. The Bertz CT molecular complexity index is 618.